The average Bonchev–Trinajstić information content (AvgIpc) is 3.18. The number of anilines is 1. The van der Waals surface area contributed by atoms with E-state index in [4.69, 9.17) is 14.2 Å². The summed E-state index contributed by atoms with van der Waals surface area (Å²) in [6.07, 6.45) is 4.06. The third-order valence-electron chi connectivity index (χ3n) is 6.19. The largest absolute Gasteiger partial charge is 0.496 e. The normalized spacial score (nSPS) is 19.6. The van der Waals surface area contributed by atoms with Gasteiger partial charge in [0.2, 0.25) is 5.91 Å². The summed E-state index contributed by atoms with van der Waals surface area (Å²) in [5.74, 6) is -0.760. The van der Waals surface area contributed by atoms with Crippen molar-refractivity contribution in [2.24, 2.45) is 0 Å². The molecule has 2 aliphatic rings. The standard InChI is InChI=1S/C24H27FN2O5/c1-30-19-11-8-12-20(31-2)21(19)23(29)27-18(15-32-24(27)13-6-3-7-14-24)22(28)26-17-10-5-4-9-16(17)25/h4-5,8-12,18H,3,6-7,13-15H2,1-2H3,(H,26,28)/t18-/m1/s1. The monoisotopic (exact) mass is 442 g/mol. The molecule has 1 atom stereocenters. The van der Waals surface area contributed by atoms with Gasteiger partial charge < -0.3 is 19.5 Å². The van der Waals surface area contributed by atoms with E-state index >= 15 is 0 Å². The van der Waals surface area contributed by atoms with Crippen molar-refractivity contribution < 1.29 is 28.2 Å². The Kier molecular flexibility index (Phi) is 6.32. The molecular weight excluding hydrogens is 415 g/mol. The minimum atomic E-state index is -0.921. The summed E-state index contributed by atoms with van der Waals surface area (Å²) < 4.78 is 31.2. The van der Waals surface area contributed by atoms with Gasteiger partial charge in [-0.15, -0.1) is 0 Å². The first kappa shape index (κ1) is 22.1. The minimum Gasteiger partial charge on any atom is -0.496 e. The van der Waals surface area contributed by atoms with Crippen LogP contribution >= 0.6 is 0 Å². The Labute approximate surface area is 186 Å². The Morgan fingerprint density at radius 3 is 2.31 bits per heavy atom. The molecule has 170 valence electrons. The maximum absolute atomic E-state index is 14.1. The number of benzene rings is 2. The molecule has 1 aliphatic carbocycles. The van der Waals surface area contributed by atoms with Crippen molar-refractivity contribution in [1.29, 1.82) is 0 Å². The zero-order chi connectivity index (χ0) is 22.7. The number of carbonyl (C=O) groups is 2. The predicted molar refractivity (Wildman–Crippen MR) is 116 cm³/mol. The molecule has 2 aromatic carbocycles. The third-order valence-corrected chi connectivity index (χ3v) is 6.19. The van der Waals surface area contributed by atoms with Crippen LogP contribution in [0.3, 0.4) is 0 Å². The molecule has 0 radical (unpaired) electrons. The van der Waals surface area contributed by atoms with Crippen LogP contribution in [0.15, 0.2) is 42.5 Å². The second kappa shape index (κ2) is 9.16. The summed E-state index contributed by atoms with van der Waals surface area (Å²) in [6.45, 7) is 0.0312. The molecule has 32 heavy (non-hydrogen) atoms. The summed E-state index contributed by atoms with van der Waals surface area (Å²) in [4.78, 5) is 28.7. The van der Waals surface area contributed by atoms with Crippen molar-refractivity contribution in [3.63, 3.8) is 0 Å². The highest BCUT2D eigenvalue weighted by atomic mass is 19.1. The topological polar surface area (TPSA) is 77.1 Å². The van der Waals surface area contributed by atoms with Gasteiger partial charge in [0.15, 0.2) is 0 Å². The van der Waals surface area contributed by atoms with E-state index in [-0.39, 0.29) is 17.9 Å². The highest BCUT2D eigenvalue weighted by Gasteiger charge is 2.53. The Hall–Kier alpha value is -3.13. The fraction of sp³-hybridized carbons (Fsp3) is 0.417. The summed E-state index contributed by atoms with van der Waals surface area (Å²) in [5.41, 5.74) is -0.598. The molecule has 8 heteroatoms. The smallest absolute Gasteiger partial charge is 0.264 e. The molecule has 0 aromatic heterocycles. The molecule has 1 aliphatic heterocycles. The molecule has 1 spiro atoms. The molecule has 2 amide bonds. The molecule has 4 rings (SSSR count). The fourth-order valence-electron chi connectivity index (χ4n) is 4.63. The number of hydrogen-bond donors (Lipinski definition) is 1. The third kappa shape index (κ3) is 3.90. The molecule has 0 unspecified atom stereocenters. The number of hydrogen-bond acceptors (Lipinski definition) is 5. The predicted octanol–water partition coefficient (Wildman–Crippen LogP) is 3.98. The first-order chi connectivity index (χ1) is 15.5. The molecule has 7 nitrogen and oxygen atoms in total. The first-order valence-electron chi connectivity index (χ1n) is 10.7. The van der Waals surface area contributed by atoms with Crippen molar-refractivity contribution in [3.05, 3.63) is 53.8 Å². The van der Waals surface area contributed by atoms with E-state index in [0.717, 1.165) is 19.3 Å². The van der Waals surface area contributed by atoms with E-state index in [2.05, 4.69) is 5.32 Å². The number of amides is 2. The molecular formula is C24H27FN2O5. The molecule has 2 aromatic rings. The van der Waals surface area contributed by atoms with Crippen LogP contribution in [0.4, 0.5) is 10.1 Å². The van der Waals surface area contributed by atoms with Gasteiger partial charge in [0.05, 0.1) is 26.5 Å². The Balaban J connectivity index is 1.73. The van der Waals surface area contributed by atoms with E-state index in [1.165, 1.54) is 31.3 Å². The number of methoxy groups -OCH3 is 2. The van der Waals surface area contributed by atoms with Gasteiger partial charge in [-0.1, -0.05) is 24.6 Å². The van der Waals surface area contributed by atoms with Crippen LogP contribution in [0.2, 0.25) is 0 Å². The lowest BCUT2D eigenvalue weighted by molar-refractivity contribution is -0.122. The van der Waals surface area contributed by atoms with E-state index in [9.17, 15) is 14.0 Å². The number of nitrogens with one attached hydrogen (secondary N) is 1. The maximum Gasteiger partial charge on any atom is 0.264 e. The molecule has 2 fully saturated rings. The van der Waals surface area contributed by atoms with Gasteiger partial charge in [-0.25, -0.2) is 4.39 Å². The minimum absolute atomic E-state index is 0.0312. The Morgan fingerprint density at radius 2 is 1.69 bits per heavy atom. The summed E-state index contributed by atoms with van der Waals surface area (Å²) in [6, 6.07) is 10.1. The number of rotatable bonds is 5. The summed E-state index contributed by atoms with van der Waals surface area (Å²) >= 11 is 0. The highest BCUT2D eigenvalue weighted by Crippen LogP contribution is 2.43. The Morgan fingerprint density at radius 1 is 1.03 bits per heavy atom. The maximum atomic E-state index is 14.1. The van der Waals surface area contributed by atoms with Crippen molar-refractivity contribution in [3.8, 4) is 11.5 Å². The van der Waals surface area contributed by atoms with Crippen molar-refractivity contribution in [2.75, 3.05) is 26.1 Å². The van der Waals surface area contributed by atoms with Crippen LogP contribution in [0, 0.1) is 5.82 Å². The van der Waals surface area contributed by atoms with Gasteiger partial charge in [0.1, 0.15) is 34.6 Å². The lowest BCUT2D eigenvalue weighted by atomic mass is 9.89. The number of ether oxygens (including phenoxy) is 3. The molecule has 1 N–H and O–H groups in total. The van der Waals surface area contributed by atoms with Crippen LogP contribution in [0.5, 0.6) is 11.5 Å². The average molecular weight is 442 g/mol. The van der Waals surface area contributed by atoms with Crippen molar-refractivity contribution >= 4 is 17.5 Å². The van der Waals surface area contributed by atoms with Crippen molar-refractivity contribution in [1.82, 2.24) is 4.90 Å². The van der Waals surface area contributed by atoms with Gasteiger partial charge in [0.25, 0.3) is 5.91 Å². The van der Waals surface area contributed by atoms with Crippen LogP contribution in [0.25, 0.3) is 0 Å². The van der Waals surface area contributed by atoms with E-state index < -0.39 is 29.4 Å². The second-order valence-electron chi connectivity index (χ2n) is 8.02. The fourth-order valence-corrected chi connectivity index (χ4v) is 4.63. The van der Waals surface area contributed by atoms with E-state index in [1.54, 1.807) is 30.3 Å². The molecule has 1 saturated heterocycles. The SMILES string of the molecule is COc1cccc(OC)c1C(=O)N1[C@@H](C(=O)Nc2ccccc2F)COC12CCCCC2. The van der Waals surface area contributed by atoms with Gasteiger partial charge in [-0.3, -0.25) is 14.5 Å². The van der Waals surface area contributed by atoms with Crippen LogP contribution in [-0.4, -0.2) is 49.3 Å². The van der Waals surface area contributed by atoms with Crippen LogP contribution < -0.4 is 14.8 Å². The lowest BCUT2D eigenvalue weighted by Crippen LogP contribution is -2.55. The van der Waals surface area contributed by atoms with Gasteiger partial charge >= 0.3 is 0 Å². The number of carbonyl (C=O) groups excluding carboxylic acids is 2. The first-order valence-corrected chi connectivity index (χ1v) is 10.7. The Bertz CT molecular complexity index is 983. The molecule has 1 saturated carbocycles. The quantitative estimate of drug-likeness (QED) is 0.758. The number of halogens is 1. The number of para-hydroxylation sites is 1. The van der Waals surface area contributed by atoms with Crippen molar-refractivity contribution in [2.45, 2.75) is 43.9 Å². The number of nitrogens with zero attached hydrogens (tertiary/aromatic N) is 1. The zero-order valence-electron chi connectivity index (χ0n) is 18.2. The van der Waals surface area contributed by atoms with Gasteiger partial charge in [-0.2, -0.15) is 0 Å². The molecule has 0 bridgehead atoms. The van der Waals surface area contributed by atoms with E-state index in [1.807, 2.05) is 0 Å². The summed E-state index contributed by atoms with van der Waals surface area (Å²) in [5, 5.41) is 2.62. The van der Waals surface area contributed by atoms with Gasteiger partial charge in [-0.05, 0) is 49.9 Å². The zero-order valence-corrected chi connectivity index (χ0v) is 18.2. The van der Waals surface area contributed by atoms with Crippen LogP contribution in [0.1, 0.15) is 42.5 Å². The summed E-state index contributed by atoms with van der Waals surface area (Å²) in [7, 11) is 2.95. The second-order valence-corrected chi connectivity index (χ2v) is 8.02. The lowest BCUT2D eigenvalue weighted by Gasteiger charge is -2.41. The molecule has 1 heterocycles. The van der Waals surface area contributed by atoms with E-state index in [0.29, 0.717) is 24.3 Å². The van der Waals surface area contributed by atoms with Gasteiger partial charge in [0, 0.05) is 0 Å². The highest BCUT2D eigenvalue weighted by molar-refractivity contribution is 6.04. The van der Waals surface area contributed by atoms with Crippen LogP contribution in [-0.2, 0) is 9.53 Å².